The van der Waals surface area contributed by atoms with Crippen LogP contribution in [-0.2, 0) is 17.9 Å². The maximum atomic E-state index is 13.2. The predicted molar refractivity (Wildman–Crippen MR) is 118 cm³/mol. The van der Waals surface area contributed by atoms with E-state index in [2.05, 4.69) is 22.0 Å². The van der Waals surface area contributed by atoms with Gasteiger partial charge in [-0.1, -0.05) is 30.3 Å². The van der Waals surface area contributed by atoms with Gasteiger partial charge in [0.05, 0.1) is 30.0 Å². The summed E-state index contributed by atoms with van der Waals surface area (Å²) in [5, 5.41) is 1.94. The second-order valence-corrected chi connectivity index (χ2v) is 7.87. The van der Waals surface area contributed by atoms with Crippen LogP contribution in [0, 0.1) is 0 Å². The SMILES string of the molecule is CN(Cc1ccccc1N1CCOCC1)C(=O)c1ccccc1OCc1cscn1. The first-order valence-electron chi connectivity index (χ1n) is 9.97. The zero-order valence-electron chi connectivity index (χ0n) is 17.0. The predicted octanol–water partition coefficient (Wildman–Crippen LogP) is 3.83. The van der Waals surface area contributed by atoms with Crippen molar-refractivity contribution in [1.29, 1.82) is 0 Å². The van der Waals surface area contributed by atoms with Crippen LogP contribution >= 0.6 is 11.3 Å². The Morgan fingerprint density at radius 3 is 2.73 bits per heavy atom. The van der Waals surface area contributed by atoms with Crippen molar-refractivity contribution in [1.82, 2.24) is 9.88 Å². The summed E-state index contributed by atoms with van der Waals surface area (Å²) in [5.41, 5.74) is 5.47. The van der Waals surface area contributed by atoms with Gasteiger partial charge in [0.1, 0.15) is 12.4 Å². The van der Waals surface area contributed by atoms with Gasteiger partial charge in [-0.15, -0.1) is 11.3 Å². The number of hydrogen-bond donors (Lipinski definition) is 0. The molecule has 0 N–H and O–H groups in total. The summed E-state index contributed by atoms with van der Waals surface area (Å²) in [6, 6.07) is 15.6. The molecule has 0 saturated carbocycles. The molecule has 0 bridgehead atoms. The molecule has 1 aromatic heterocycles. The molecule has 4 rings (SSSR count). The van der Waals surface area contributed by atoms with Gasteiger partial charge < -0.3 is 19.3 Å². The molecule has 1 aliphatic heterocycles. The number of carbonyl (C=O) groups is 1. The Balaban J connectivity index is 1.48. The highest BCUT2D eigenvalue weighted by molar-refractivity contribution is 7.07. The van der Waals surface area contributed by atoms with E-state index in [4.69, 9.17) is 9.47 Å². The molecule has 1 saturated heterocycles. The smallest absolute Gasteiger partial charge is 0.257 e. The van der Waals surface area contributed by atoms with Gasteiger partial charge in [-0.3, -0.25) is 4.79 Å². The monoisotopic (exact) mass is 423 g/mol. The fourth-order valence-corrected chi connectivity index (χ4v) is 4.06. The highest BCUT2D eigenvalue weighted by Gasteiger charge is 2.20. The van der Waals surface area contributed by atoms with E-state index in [0.29, 0.717) is 24.5 Å². The normalized spacial score (nSPS) is 13.8. The molecule has 2 heterocycles. The van der Waals surface area contributed by atoms with Gasteiger partial charge in [-0.2, -0.15) is 0 Å². The Hall–Kier alpha value is -2.90. The molecule has 0 radical (unpaired) electrons. The number of morpholine rings is 1. The summed E-state index contributed by atoms with van der Waals surface area (Å²) in [7, 11) is 1.83. The fraction of sp³-hybridized carbons (Fsp3) is 0.304. The van der Waals surface area contributed by atoms with E-state index in [0.717, 1.165) is 43.2 Å². The first-order valence-corrected chi connectivity index (χ1v) is 10.9. The van der Waals surface area contributed by atoms with Crippen molar-refractivity contribution in [2.45, 2.75) is 13.2 Å². The molecule has 0 aliphatic carbocycles. The summed E-state index contributed by atoms with van der Waals surface area (Å²) >= 11 is 1.53. The maximum Gasteiger partial charge on any atom is 0.257 e. The molecular weight excluding hydrogens is 398 g/mol. The Morgan fingerprint density at radius 1 is 1.17 bits per heavy atom. The number of para-hydroxylation sites is 2. The molecule has 1 fully saturated rings. The third kappa shape index (κ3) is 4.80. The van der Waals surface area contributed by atoms with E-state index < -0.39 is 0 Å². The van der Waals surface area contributed by atoms with Crippen LogP contribution < -0.4 is 9.64 Å². The van der Waals surface area contributed by atoms with Gasteiger partial charge in [0.2, 0.25) is 0 Å². The molecule has 0 atom stereocenters. The molecule has 1 amide bonds. The summed E-state index contributed by atoms with van der Waals surface area (Å²) in [6.07, 6.45) is 0. The van der Waals surface area contributed by atoms with E-state index in [1.807, 2.05) is 48.8 Å². The number of amides is 1. The van der Waals surface area contributed by atoms with Crippen LogP contribution in [0.3, 0.4) is 0 Å². The highest BCUT2D eigenvalue weighted by Crippen LogP contribution is 2.25. The lowest BCUT2D eigenvalue weighted by atomic mass is 10.1. The zero-order valence-corrected chi connectivity index (χ0v) is 17.8. The Bertz CT molecular complexity index is 971. The molecule has 0 unspecified atom stereocenters. The number of hydrogen-bond acceptors (Lipinski definition) is 6. The lowest BCUT2D eigenvalue weighted by Gasteiger charge is -2.31. The van der Waals surface area contributed by atoms with Crippen LogP contribution in [0.4, 0.5) is 5.69 Å². The molecule has 0 spiro atoms. The van der Waals surface area contributed by atoms with Crippen molar-refractivity contribution in [3.05, 3.63) is 76.2 Å². The zero-order chi connectivity index (χ0) is 20.8. The minimum atomic E-state index is -0.0688. The number of thiazole rings is 1. The van der Waals surface area contributed by atoms with Crippen molar-refractivity contribution in [2.75, 3.05) is 38.3 Å². The maximum absolute atomic E-state index is 13.2. The molecule has 3 aromatic rings. The molecule has 7 heteroatoms. The topological polar surface area (TPSA) is 54.9 Å². The summed E-state index contributed by atoms with van der Waals surface area (Å²) in [6.45, 7) is 4.05. The van der Waals surface area contributed by atoms with Gasteiger partial charge in [0, 0.05) is 37.7 Å². The number of aromatic nitrogens is 1. The van der Waals surface area contributed by atoms with Gasteiger partial charge in [-0.05, 0) is 23.8 Å². The molecule has 2 aromatic carbocycles. The minimum absolute atomic E-state index is 0.0688. The van der Waals surface area contributed by atoms with Crippen molar-refractivity contribution in [3.63, 3.8) is 0 Å². The summed E-state index contributed by atoms with van der Waals surface area (Å²) in [4.78, 5) is 21.5. The van der Waals surface area contributed by atoms with Gasteiger partial charge >= 0.3 is 0 Å². The molecule has 156 valence electrons. The van der Waals surface area contributed by atoms with Crippen molar-refractivity contribution >= 4 is 22.9 Å². The first-order chi connectivity index (χ1) is 14.7. The Labute approximate surface area is 180 Å². The van der Waals surface area contributed by atoms with E-state index >= 15 is 0 Å². The van der Waals surface area contributed by atoms with Crippen molar-refractivity contribution in [2.24, 2.45) is 0 Å². The van der Waals surface area contributed by atoms with Crippen molar-refractivity contribution in [3.8, 4) is 5.75 Å². The Kier molecular flexibility index (Phi) is 6.61. The Morgan fingerprint density at radius 2 is 1.93 bits per heavy atom. The van der Waals surface area contributed by atoms with Gasteiger partial charge in [0.15, 0.2) is 0 Å². The molecular formula is C23H25N3O3S. The van der Waals surface area contributed by atoms with Gasteiger partial charge in [-0.25, -0.2) is 4.98 Å². The number of anilines is 1. The van der Waals surface area contributed by atoms with Crippen molar-refractivity contribution < 1.29 is 14.3 Å². The lowest BCUT2D eigenvalue weighted by Crippen LogP contribution is -2.37. The second-order valence-electron chi connectivity index (χ2n) is 7.15. The van der Waals surface area contributed by atoms with E-state index in [1.165, 1.54) is 11.3 Å². The number of carbonyl (C=O) groups excluding carboxylic acids is 1. The highest BCUT2D eigenvalue weighted by atomic mass is 32.1. The molecule has 30 heavy (non-hydrogen) atoms. The van der Waals surface area contributed by atoms with E-state index in [1.54, 1.807) is 10.4 Å². The van der Waals surface area contributed by atoms with E-state index in [-0.39, 0.29) is 5.91 Å². The summed E-state index contributed by atoms with van der Waals surface area (Å²) in [5.74, 6) is 0.504. The molecule has 1 aliphatic rings. The van der Waals surface area contributed by atoms with Crippen LogP contribution in [0.2, 0.25) is 0 Å². The third-order valence-corrected chi connectivity index (χ3v) is 5.71. The van der Waals surface area contributed by atoms with Crippen LogP contribution in [0.5, 0.6) is 5.75 Å². The van der Waals surface area contributed by atoms with Crippen LogP contribution in [0.15, 0.2) is 59.4 Å². The quantitative estimate of drug-likeness (QED) is 0.578. The number of nitrogens with zero attached hydrogens (tertiary/aromatic N) is 3. The molecule has 6 nitrogen and oxygen atoms in total. The lowest BCUT2D eigenvalue weighted by molar-refractivity contribution is 0.0780. The minimum Gasteiger partial charge on any atom is -0.486 e. The standard InChI is InChI=1S/C23H25N3O3S/c1-25(14-18-6-2-4-8-21(18)26-10-12-28-13-11-26)23(27)20-7-3-5-9-22(20)29-15-19-16-30-17-24-19/h2-9,16-17H,10-15H2,1H3. The number of rotatable bonds is 7. The average molecular weight is 424 g/mol. The van der Waals surface area contributed by atoms with Crippen LogP contribution in [0.25, 0.3) is 0 Å². The average Bonchev–Trinajstić information content (AvgIpc) is 3.32. The van der Waals surface area contributed by atoms with E-state index in [9.17, 15) is 4.79 Å². The van der Waals surface area contributed by atoms with Crippen LogP contribution in [0.1, 0.15) is 21.6 Å². The van der Waals surface area contributed by atoms with Gasteiger partial charge in [0.25, 0.3) is 5.91 Å². The van der Waals surface area contributed by atoms with Crippen LogP contribution in [-0.4, -0.2) is 49.1 Å². The largest absolute Gasteiger partial charge is 0.486 e. The second kappa shape index (κ2) is 9.73. The third-order valence-electron chi connectivity index (χ3n) is 5.07. The number of benzene rings is 2. The summed E-state index contributed by atoms with van der Waals surface area (Å²) < 4.78 is 11.4. The fourth-order valence-electron chi connectivity index (χ4n) is 3.52. The number of ether oxygens (including phenoxy) is 2. The first kappa shape index (κ1) is 20.4.